The summed E-state index contributed by atoms with van der Waals surface area (Å²) in [7, 11) is 0. The number of aliphatic carboxylic acids is 1. The van der Waals surface area contributed by atoms with E-state index < -0.39 is 11.4 Å². The van der Waals surface area contributed by atoms with Gasteiger partial charge in [-0.1, -0.05) is 37.3 Å². The van der Waals surface area contributed by atoms with Gasteiger partial charge in [0.25, 0.3) is 5.91 Å². The Morgan fingerprint density at radius 1 is 1.26 bits per heavy atom. The van der Waals surface area contributed by atoms with Crippen LogP contribution in [-0.4, -0.2) is 29.8 Å². The summed E-state index contributed by atoms with van der Waals surface area (Å²) in [6.07, 6.45) is 2.31. The molecule has 1 heterocycles. The number of thioether (sulfide) groups is 1. The molecule has 0 spiro atoms. The summed E-state index contributed by atoms with van der Waals surface area (Å²) in [4.78, 5) is 25.9. The molecule has 2 N–H and O–H groups in total. The minimum Gasteiger partial charge on any atom is -0.481 e. The average molecular weight is 349 g/mol. The minimum atomic E-state index is -1.12. The van der Waals surface area contributed by atoms with Gasteiger partial charge in [0.15, 0.2) is 0 Å². The normalized spacial score (nSPS) is 13.3. The molecule has 0 aliphatic carbocycles. The number of rotatable bonds is 7. The standard InChI is InChI=1S/C17H19NO3S2/c1-3-17(16(20)21,12-7-5-4-6-8-12)11-18-15(19)14-13(22-2)9-10-23-14/h4-10H,3,11H2,1-2H3,(H,18,19)(H,20,21). The van der Waals surface area contributed by atoms with Crippen molar-refractivity contribution >= 4 is 35.0 Å². The third-order valence-corrected chi connectivity index (χ3v) is 5.77. The maximum Gasteiger partial charge on any atom is 0.315 e. The van der Waals surface area contributed by atoms with E-state index in [0.717, 1.165) is 4.90 Å². The number of hydrogen-bond acceptors (Lipinski definition) is 4. The van der Waals surface area contributed by atoms with E-state index in [9.17, 15) is 14.7 Å². The van der Waals surface area contributed by atoms with Gasteiger partial charge in [-0.2, -0.15) is 0 Å². The molecule has 0 bridgehead atoms. The Hall–Kier alpha value is -1.79. The van der Waals surface area contributed by atoms with Crippen molar-refractivity contribution in [1.29, 1.82) is 0 Å². The van der Waals surface area contributed by atoms with Gasteiger partial charge < -0.3 is 10.4 Å². The predicted octanol–water partition coefficient (Wildman–Crippen LogP) is 3.63. The molecule has 1 amide bonds. The first-order valence-electron chi connectivity index (χ1n) is 7.23. The Labute approximate surface area is 143 Å². The van der Waals surface area contributed by atoms with Crippen LogP contribution < -0.4 is 5.32 Å². The first kappa shape index (κ1) is 17.6. The van der Waals surface area contributed by atoms with Crippen molar-refractivity contribution in [3.63, 3.8) is 0 Å². The smallest absolute Gasteiger partial charge is 0.315 e. The Balaban J connectivity index is 2.23. The lowest BCUT2D eigenvalue weighted by atomic mass is 9.78. The highest BCUT2D eigenvalue weighted by atomic mass is 32.2. The Morgan fingerprint density at radius 2 is 1.96 bits per heavy atom. The van der Waals surface area contributed by atoms with E-state index in [1.54, 1.807) is 12.1 Å². The quantitative estimate of drug-likeness (QED) is 0.749. The van der Waals surface area contributed by atoms with Crippen molar-refractivity contribution < 1.29 is 14.7 Å². The van der Waals surface area contributed by atoms with Crippen LogP contribution in [0.15, 0.2) is 46.7 Å². The van der Waals surface area contributed by atoms with Crippen LogP contribution in [-0.2, 0) is 10.2 Å². The summed E-state index contributed by atoms with van der Waals surface area (Å²) < 4.78 is 0. The summed E-state index contributed by atoms with van der Waals surface area (Å²) in [6, 6.07) is 11.0. The summed E-state index contributed by atoms with van der Waals surface area (Å²) in [6.45, 7) is 1.89. The maximum atomic E-state index is 12.4. The molecule has 0 fully saturated rings. The molecule has 2 rings (SSSR count). The van der Waals surface area contributed by atoms with Crippen molar-refractivity contribution in [1.82, 2.24) is 5.32 Å². The van der Waals surface area contributed by atoms with Crippen LogP contribution in [0.4, 0.5) is 0 Å². The number of nitrogens with one attached hydrogen (secondary N) is 1. The van der Waals surface area contributed by atoms with Gasteiger partial charge in [-0.3, -0.25) is 9.59 Å². The Kier molecular flexibility index (Phi) is 5.85. The second-order valence-electron chi connectivity index (χ2n) is 5.11. The molecule has 0 aliphatic heterocycles. The number of carbonyl (C=O) groups is 2. The summed E-state index contributed by atoms with van der Waals surface area (Å²) in [5.74, 6) is -1.15. The zero-order chi connectivity index (χ0) is 16.9. The molecule has 0 aliphatic rings. The van der Waals surface area contributed by atoms with Gasteiger partial charge in [0, 0.05) is 11.4 Å². The first-order chi connectivity index (χ1) is 11.0. The highest BCUT2D eigenvalue weighted by Crippen LogP contribution is 2.29. The van der Waals surface area contributed by atoms with Gasteiger partial charge in [-0.25, -0.2) is 0 Å². The molecule has 2 aromatic rings. The van der Waals surface area contributed by atoms with Crippen LogP contribution in [0, 0.1) is 0 Å². The third kappa shape index (κ3) is 3.59. The van der Waals surface area contributed by atoms with Crippen LogP contribution in [0.1, 0.15) is 28.6 Å². The molecular formula is C17H19NO3S2. The molecule has 0 radical (unpaired) electrons. The summed E-state index contributed by atoms with van der Waals surface area (Å²) in [5, 5.41) is 14.4. The van der Waals surface area contributed by atoms with Gasteiger partial charge in [-0.15, -0.1) is 23.1 Å². The van der Waals surface area contributed by atoms with Crippen LogP contribution in [0.25, 0.3) is 0 Å². The topological polar surface area (TPSA) is 66.4 Å². The average Bonchev–Trinajstić information content (AvgIpc) is 3.05. The monoisotopic (exact) mass is 349 g/mol. The third-order valence-electron chi connectivity index (χ3n) is 3.95. The Morgan fingerprint density at radius 3 is 2.52 bits per heavy atom. The van der Waals surface area contributed by atoms with E-state index in [0.29, 0.717) is 16.9 Å². The number of amides is 1. The fourth-order valence-electron chi connectivity index (χ4n) is 2.47. The van der Waals surface area contributed by atoms with Gasteiger partial charge in [0.1, 0.15) is 10.3 Å². The maximum absolute atomic E-state index is 12.4. The Bertz CT molecular complexity index is 684. The van der Waals surface area contributed by atoms with Gasteiger partial charge in [-0.05, 0) is 29.7 Å². The van der Waals surface area contributed by atoms with Crippen molar-refractivity contribution in [3.05, 3.63) is 52.2 Å². The lowest BCUT2D eigenvalue weighted by Gasteiger charge is -2.29. The van der Waals surface area contributed by atoms with Crippen LogP contribution in [0.5, 0.6) is 0 Å². The predicted molar refractivity (Wildman–Crippen MR) is 94.5 cm³/mol. The molecule has 0 saturated carbocycles. The molecule has 0 saturated heterocycles. The lowest BCUT2D eigenvalue weighted by molar-refractivity contribution is -0.143. The highest BCUT2D eigenvalue weighted by molar-refractivity contribution is 7.98. The number of carbonyl (C=O) groups excluding carboxylic acids is 1. The number of carboxylic acid groups (broad SMARTS) is 1. The number of carboxylic acids is 1. The van der Waals surface area contributed by atoms with Gasteiger partial charge in [0.2, 0.25) is 0 Å². The molecule has 122 valence electrons. The SMILES string of the molecule is CCC(CNC(=O)c1sccc1SC)(C(=O)O)c1ccccc1. The lowest BCUT2D eigenvalue weighted by Crippen LogP contribution is -2.46. The number of thiophene rings is 1. The second kappa shape index (κ2) is 7.66. The second-order valence-corrected chi connectivity index (χ2v) is 6.87. The molecule has 1 atom stereocenters. The van der Waals surface area contributed by atoms with E-state index in [2.05, 4.69) is 5.32 Å². The number of hydrogen-bond donors (Lipinski definition) is 2. The number of benzene rings is 1. The molecular weight excluding hydrogens is 330 g/mol. The fourth-order valence-corrected chi connectivity index (χ4v) is 4.14. The van der Waals surface area contributed by atoms with Crippen molar-refractivity contribution in [2.24, 2.45) is 0 Å². The first-order valence-corrected chi connectivity index (χ1v) is 9.34. The van der Waals surface area contributed by atoms with E-state index in [4.69, 9.17) is 0 Å². The molecule has 4 nitrogen and oxygen atoms in total. The van der Waals surface area contributed by atoms with E-state index in [1.165, 1.54) is 23.1 Å². The largest absolute Gasteiger partial charge is 0.481 e. The highest BCUT2D eigenvalue weighted by Gasteiger charge is 2.39. The molecule has 1 unspecified atom stereocenters. The molecule has 1 aromatic carbocycles. The van der Waals surface area contributed by atoms with Crippen LogP contribution in [0.2, 0.25) is 0 Å². The van der Waals surface area contributed by atoms with Gasteiger partial charge in [0.05, 0.1) is 0 Å². The van der Waals surface area contributed by atoms with Gasteiger partial charge >= 0.3 is 5.97 Å². The van der Waals surface area contributed by atoms with E-state index in [1.807, 2.05) is 42.8 Å². The summed E-state index contributed by atoms with van der Waals surface area (Å²) >= 11 is 2.87. The fraction of sp³-hybridized carbons (Fsp3) is 0.294. The van der Waals surface area contributed by atoms with Crippen molar-refractivity contribution in [3.8, 4) is 0 Å². The zero-order valence-electron chi connectivity index (χ0n) is 13.0. The minimum absolute atomic E-state index is 0.0629. The molecule has 1 aromatic heterocycles. The van der Waals surface area contributed by atoms with Crippen molar-refractivity contribution in [2.75, 3.05) is 12.8 Å². The van der Waals surface area contributed by atoms with E-state index >= 15 is 0 Å². The van der Waals surface area contributed by atoms with E-state index in [-0.39, 0.29) is 12.5 Å². The zero-order valence-corrected chi connectivity index (χ0v) is 14.7. The van der Waals surface area contributed by atoms with Crippen LogP contribution >= 0.6 is 23.1 Å². The summed E-state index contributed by atoms with van der Waals surface area (Å²) in [5.41, 5.74) is -0.417. The van der Waals surface area contributed by atoms with Crippen molar-refractivity contribution in [2.45, 2.75) is 23.7 Å². The van der Waals surface area contributed by atoms with Crippen LogP contribution in [0.3, 0.4) is 0 Å². The molecule has 23 heavy (non-hydrogen) atoms. The molecule has 6 heteroatoms.